The van der Waals surface area contributed by atoms with Crippen molar-refractivity contribution < 1.29 is 19.3 Å². The molecule has 1 atom stereocenters. The van der Waals surface area contributed by atoms with Crippen LogP contribution in [0.4, 0.5) is 0 Å². The molecule has 0 bridgehead atoms. The van der Waals surface area contributed by atoms with E-state index < -0.39 is 6.10 Å². The summed E-state index contributed by atoms with van der Waals surface area (Å²) < 4.78 is 16.0. The summed E-state index contributed by atoms with van der Waals surface area (Å²) in [4.78, 5) is 0. The van der Waals surface area contributed by atoms with E-state index in [2.05, 4.69) is 5.32 Å². The monoisotopic (exact) mass is 269 g/mol. The predicted molar refractivity (Wildman–Crippen MR) is 74.2 cm³/mol. The minimum atomic E-state index is -0.586. The molecule has 2 N–H and O–H groups in total. The van der Waals surface area contributed by atoms with E-state index in [9.17, 15) is 5.11 Å². The second kappa shape index (κ2) is 7.86. The van der Waals surface area contributed by atoms with Gasteiger partial charge in [-0.05, 0) is 12.1 Å². The molecule has 0 unspecified atom stereocenters. The Balaban J connectivity index is 2.61. The third kappa shape index (κ3) is 4.96. The van der Waals surface area contributed by atoms with E-state index in [1.807, 2.05) is 19.9 Å². The highest BCUT2D eigenvalue weighted by Gasteiger charge is 2.13. The molecule has 1 aromatic carbocycles. The molecule has 0 heterocycles. The Kier molecular flexibility index (Phi) is 6.45. The van der Waals surface area contributed by atoms with Gasteiger partial charge in [0.25, 0.3) is 0 Å². The lowest BCUT2D eigenvalue weighted by atomic mass is 10.3. The fourth-order valence-electron chi connectivity index (χ4n) is 1.57. The molecule has 1 rings (SSSR count). The Labute approximate surface area is 114 Å². The molecule has 0 saturated carbocycles. The summed E-state index contributed by atoms with van der Waals surface area (Å²) in [6, 6.07) is 5.73. The highest BCUT2D eigenvalue weighted by atomic mass is 16.5. The number of hydrogen-bond acceptors (Lipinski definition) is 5. The van der Waals surface area contributed by atoms with Crippen molar-refractivity contribution in [2.45, 2.75) is 26.0 Å². The summed E-state index contributed by atoms with van der Waals surface area (Å²) in [6.07, 6.45) is -0.586. The molecule has 1 aromatic rings. The van der Waals surface area contributed by atoms with Gasteiger partial charge in [-0.3, -0.25) is 0 Å². The summed E-state index contributed by atoms with van der Waals surface area (Å²) >= 11 is 0. The Hall–Kier alpha value is -1.46. The number of ether oxygens (including phenoxy) is 3. The first-order valence-electron chi connectivity index (χ1n) is 6.33. The zero-order valence-corrected chi connectivity index (χ0v) is 12.0. The van der Waals surface area contributed by atoms with E-state index >= 15 is 0 Å². The van der Waals surface area contributed by atoms with Gasteiger partial charge < -0.3 is 24.6 Å². The zero-order valence-electron chi connectivity index (χ0n) is 12.0. The van der Waals surface area contributed by atoms with Gasteiger partial charge in [0.1, 0.15) is 12.7 Å². The van der Waals surface area contributed by atoms with Crippen molar-refractivity contribution in [3.8, 4) is 17.2 Å². The largest absolute Gasteiger partial charge is 0.493 e. The smallest absolute Gasteiger partial charge is 0.203 e. The molecule has 0 amide bonds. The van der Waals surface area contributed by atoms with Crippen LogP contribution in [-0.4, -0.2) is 44.6 Å². The van der Waals surface area contributed by atoms with Crippen LogP contribution >= 0.6 is 0 Å². The van der Waals surface area contributed by atoms with Gasteiger partial charge in [-0.15, -0.1) is 0 Å². The van der Waals surface area contributed by atoms with E-state index in [1.54, 1.807) is 26.4 Å². The summed E-state index contributed by atoms with van der Waals surface area (Å²) in [5.74, 6) is 1.68. The van der Waals surface area contributed by atoms with Gasteiger partial charge in [0.15, 0.2) is 11.5 Å². The second-order valence-corrected chi connectivity index (χ2v) is 4.52. The van der Waals surface area contributed by atoms with E-state index in [-0.39, 0.29) is 6.61 Å². The number of methoxy groups -OCH3 is 2. The van der Waals surface area contributed by atoms with E-state index in [4.69, 9.17) is 14.2 Å². The lowest BCUT2D eigenvalue weighted by molar-refractivity contribution is 0.101. The molecule has 0 aliphatic rings. The van der Waals surface area contributed by atoms with E-state index in [0.29, 0.717) is 29.8 Å². The van der Waals surface area contributed by atoms with Crippen LogP contribution in [0.3, 0.4) is 0 Å². The summed E-state index contributed by atoms with van der Waals surface area (Å²) in [7, 11) is 3.14. The number of aliphatic hydroxyl groups excluding tert-OH is 1. The van der Waals surface area contributed by atoms with Crippen molar-refractivity contribution in [2.75, 3.05) is 27.4 Å². The Morgan fingerprint density at radius 3 is 2.21 bits per heavy atom. The number of benzene rings is 1. The van der Waals surface area contributed by atoms with Crippen LogP contribution in [0, 0.1) is 0 Å². The quantitative estimate of drug-likeness (QED) is 0.748. The van der Waals surface area contributed by atoms with Crippen molar-refractivity contribution in [3.05, 3.63) is 18.2 Å². The van der Waals surface area contributed by atoms with Crippen LogP contribution < -0.4 is 19.5 Å². The van der Waals surface area contributed by atoms with Crippen molar-refractivity contribution in [2.24, 2.45) is 0 Å². The first kappa shape index (κ1) is 15.6. The maximum Gasteiger partial charge on any atom is 0.203 e. The number of hydrogen-bond donors (Lipinski definition) is 2. The number of aliphatic hydroxyl groups is 1. The standard InChI is InChI=1S/C14H23NO4/c1-10(2)15-8-11(16)9-19-14-12(17-3)6-5-7-13(14)18-4/h5-7,10-11,15-16H,8-9H2,1-4H3/t11-/m0/s1. The van der Waals surface area contributed by atoms with E-state index in [0.717, 1.165) is 0 Å². The van der Waals surface area contributed by atoms with Gasteiger partial charge in [-0.2, -0.15) is 0 Å². The third-order valence-electron chi connectivity index (χ3n) is 2.56. The van der Waals surface area contributed by atoms with Gasteiger partial charge in [0.2, 0.25) is 5.75 Å². The van der Waals surface area contributed by atoms with Gasteiger partial charge in [0, 0.05) is 12.6 Å². The first-order valence-corrected chi connectivity index (χ1v) is 6.33. The zero-order chi connectivity index (χ0) is 14.3. The predicted octanol–water partition coefficient (Wildman–Crippen LogP) is 1.44. The van der Waals surface area contributed by atoms with Gasteiger partial charge >= 0.3 is 0 Å². The van der Waals surface area contributed by atoms with Gasteiger partial charge in [-0.25, -0.2) is 0 Å². The van der Waals surface area contributed by atoms with Crippen molar-refractivity contribution >= 4 is 0 Å². The summed E-state index contributed by atoms with van der Waals surface area (Å²) in [5, 5.41) is 13.0. The second-order valence-electron chi connectivity index (χ2n) is 4.52. The Morgan fingerprint density at radius 2 is 1.74 bits per heavy atom. The molecule has 0 aliphatic heterocycles. The SMILES string of the molecule is COc1cccc(OC)c1OC[C@@H](O)CNC(C)C. The molecular weight excluding hydrogens is 246 g/mol. The summed E-state index contributed by atoms with van der Waals surface area (Å²) in [6.45, 7) is 4.71. The lowest BCUT2D eigenvalue weighted by Crippen LogP contribution is -2.35. The van der Waals surface area contributed by atoms with Crippen LogP contribution in [0.1, 0.15) is 13.8 Å². The fraction of sp³-hybridized carbons (Fsp3) is 0.571. The number of para-hydroxylation sites is 1. The molecule has 0 radical (unpaired) electrons. The minimum Gasteiger partial charge on any atom is -0.493 e. The fourth-order valence-corrected chi connectivity index (χ4v) is 1.57. The third-order valence-corrected chi connectivity index (χ3v) is 2.56. The van der Waals surface area contributed by atoms with Crippen LogP contribution in [0.5, 0.6) is 17.2 Å². The van der Waals surface area contributed by atoms with Crippen LogP contribution in [0.25, 0.3) is 0 Å². The lowest BCUT2D eigenvalue weighted by Gasteiger charge is -2.17. The highest BCUT2D eigenvalue weighted by molar-refractivity contribution is 5.51. The number of rotatable bonds is 8. The molecule has 0 fully saturated rings. The first-order chi connectivity index (χ1) is 9.08. The number of nitrogens with one attached hydrogen (secondary N) is 1. The highest BCUT2D eigenvalue weighted by Crippen LogP contribution is 2.36. The van der Waals surface area contributed by atoms with Crippen molar-refractivity contribution in [1.82, 2.24) is 5.32 Å². The molecule has 0 aliphatic carbocycles. The maximum absolute atomic E-state index is 9.82. The minimum absolute atomic E-state index is 0.177. The molecule has 108 valence electrons. The Morgan fingerprint density at radius 1 is 1.16 bits per heavy atom. The van der Waals surface area contributed by atoms with Crippen molar-refractivity contribution in [1.29, 1.82) is 0 Å². The molecule has 5 nitrogen and oxygen atoms in total. The maximum atomic E-state index is 9.82. The Bertz CT molecular complexity index is 359. The van der Waals surface area contributed by atoms with Crippen molar-refractivity contribution in [3.63, 3.8) is 0 Å². The molecule has 5 heteroatoms. The van der Waals surface area contributed by atoms with Crippen LogP contribution in [0.2, 0.25) is 0 Å². The summed E-state index contributed by atoms with van der Waals surface area (Å²) in [5.41, 5.74) is 0. The van der Waals surface area contributed by atoms with E-state index in [1.165, 1.54) is 0 Å². The normalized spacial score (nSPS) is 12.3. The molecular formula is C14H23NO4. The topological polar surface area (TPSA) is 60.0 Å². The van der Waals surface area contributed by atoms with Crippen LogP contribution in [-0.2, 0) is 0 Å². The molecule has 0 aromatic heterocycles. The average molecular weight is 269 g/mol. The van der Waals surface area contributed by atoms with Crippen LogP contribution in [0.15, 0.2) is 18.2 Å². The molecule has 0 spiro atoms. The van der Waals surface area contributed by atoms with Gasteiger partial charge in [0.05, 0.1) is 14.2 Å². The molecule has 0 saturated heterocycles. The molecule has 19 heavy (non-hydrogen) atoms. The van der Waals surface area contributed by atoms with Gasteiger partial charge in [-0.1, -0.05) is 19.9 Å². The average Bonchev–Trinajstić information content (AvgIpc) is 2.42.